The number of aromatic nitrogens is 1. The van der Waals surface area contributed by atoms with Crippen LogP contribution in [0.2, 0.25) is 0 Å². The maximum Gasteiger partial charge on any atom is 0.269 e. The fraction of sp³-hybridized carbons (Fsp3) is 0.188. The quantitative estimate of drug-likeness (QED) is 0.220. The van der Waals surface area contributed by atoms with Gasteiger partial charge in [-0.1, -0.05) is 50.6 Å². The van der Waals surface area contributed by atoms with Gasteiger partial charge in [0.25, 0.3) is 5.56 Å². The van der Waals surface area contributed by atoms with E-state index in [-0.39, 0.29) is 11.1 Å². The molecule has 1 aromatic heterocycles. The summed E-state index contributed by atoms with van der Waals surface area (Å²) in [5, 5.41) is 12.3. The molecule has 184 valence electrons. The maximum atomic E-state index is 13.5. The predicted molar refractivity (Wildman–Crippen MR) is 152 cm³/mol. The molecule has 0 fully saturated rings. The van der Waals surface area contributed by atoms with Crippen LogP contribution >= 0.6 is 12.6 Å². The summed E-state index contributed by atoms with van der Waals surface area (Å²) in [5.41, 5.74) is 6.66. The van der Waals surface area contributed by atoms with Crippen LogP contribution in [0.1, 0.15) is 47.2 Å². The molecule has 0 aliphatic rings. The van der Waals surface area contributed by atoms with Crippen molar-refractivity contribution >= 4 is 12.6 Å². The van der Waals surface area contributed by atoms with Crippen molar-refractivity contribution in [3.8, 4) is 40.0 Å². The fourth-order valence-electron chi connectivity index (χ4n) is 4.32. The van der Waals surface area contributed by atoms with Crippen LogP contribution in [0.25, 0.3) is 11.3 Å². The number of ether oxygens (including phenoxy) is 1. The summed E-state index contributed by atoms with van der Waals surface area (Å²) in [6.45, 7) is 6.54. The average molecular weight is 505 g/mol. The zero-order valence-electron chi connectivity index (χ0n) is 21.2. The molecule has 0 bridgehead atoms. The molecule has 4 nitrogen and oxygen atoms in total. The van der Waals surface area contributed by atoms with Gasteiger partial charge in [-0.05, 0) is 107 Å². The molecular weight excluding hydrogens is 476 g/mol. The van der Waals surface area contributed by atoms with Crippen molar-refractivity contribution in [1.82, 2.24) is 4.57 Å². The van der Waals surface area contributed by atoms with E-state index in [1.807, 2.05) is 61.5 Å². The van der Waals surface area contributed by atoms with Gasteiger partial charge < -0.3 is 9.30 Å². The first-order chi connectivity index (χ1) is 18.0. The molecule has 0 aliphatic heterocycles. The minimum Gasteiger partial charge on any atom is -0.457 e. The number of nitriles is 1. The van der Waals surface area contributed by atoms with E-state index in [0.717, 1.165) is 39.9 Å². The number of rotatable bonds is 7. The smallest absolute Gasteiger partial charge is 0.269 e. The van der Waals surface area contributed by atoms with Crippen LogP contribution in [0.3, 0.4) is 0 Å². The van der Waals surface area contributed by atoms with Gasteiger partial charge in [0.2, 0.25) is 0 Å². The molecule has 37 heavy (non-hydrogen) atoms. The molecule has 0 amide bonds. The number of hydrogen-bond donors (Lipinski definition) is 1. The van der Waals surface area contributed by atoms with Crippen LogP contribution in [0, 0.1) is 29.4 Å². The van der Waals surface area contributed by atoms with Gasteiger partial charge >= 0.3 is 0 Å². The number of pyridine rings is 1. The first-order valence-corrected chi connectivity index (χ1v) is 12.7. The van der Waals surface area contributed by atoms with Crippen molar-refractivity contribution in [2.45, 2.75) is 40.2 Å². The first kappa shape index (κ1) is 25.9. The molecule has 4 aromatic rings. The topological polar surface area (TPSA) is 55.0 Å². The second-order valence-electron chi connectivity index (χ2n) is 8.79. The number of benzene rings is 3. The SMILES string of the molecule is CCc1ccc(Cn2c(-c3ccc(Oc4ccc(C#CS)cc4)cc3)cc(CC)c(C#N)c2=O)c(C)c1. The highest BCUT2D eigenvalue weighted by Gasteiger charge is 2.16. The third kappa shape index (κ3) is 5.80. The van der Waals surface area contributed by atoms with E-state index in [9.17, 15) is 10.1 Å². The Kier molecular flexibility index (Phi) is 8.18. The third-order valence-corrected chi connectivity index (χ3v) is 6.57. The summed E-state index contributed by atoms with van der Waals surface area (Å²) in [6, 6.07) is 25.6. The Hall–Kier alpha value is -4.19. The van der Waals surface area contributed by atoms with E-state index in [4.69, 9.17) is 4.74 Å². The summed E-state index contributed by atoms with van der Waals surface area (Å²) in [5.74, 6) is 4.27. The summed E-state index contributed by atoms with van der Waals surface area (Å²) in [7, 11) is 0. The van der Waals surface area contributed by atoms with Crippen molar-refractivity contribution < 1.29 is 4.74 Å². The molecule has 0 unspecified atom stereocenters. The van der Waals surface area contributed by atoms with Crippen molar-refractivity contribution in [1.29, 1.82) is 5.26 Å². The number of nitrogens with zero attached hydrogens (tertiary/aromatic N) is 2. The normalized spacial score (nSPS) is 10.4. The number of aryl methyl sites for hydroxylation is 3. The van der Waals surface area contributed by atoms with Crippen LogP contribution in [-0.2, 0) is 19.4 Å². The Balaban J connectivity index is 1.72. The van der Waals surface area contributed by atoms with Crippen molar-refractivity contribution in [3.63, 3.8) is 0 Å². The average Bonchev–Trinajstić information content (AvgIpc) is 2.92. The minimum atomic E-state index is -0.263. The number of thiol groups is 1. The Morgan fingerprint density at radius 2 is 1.57 bits per heavy atom. The van der Waals surface area contributed by atoms with E-state index < -0.39 is 0 Å². The van der Waals surface area contributed by atoms with Gasteiger partial charge in [0.05, 0.1) is 12.2 Å². The van der Waals surface area contributed by atoms with E-state index >= 15 is 0 Å². The predicted octanol–water partition coefficient (Wildman–Crippen LogP) is 6.90. The fourth-order valence-corrected chi connectivity index (χ4v) is 4.45. The van der Waals surface area contributed by atoms with Crippen molar-refractivity contribution in [2.24, 2.45) is 0 Å². The minimum absolute atomic E-state index is 0.208. The molecule has 0 atom stereocenters. The Bertz CT molecular complexity index is 1580. The van der Waals surface area contributed by atoms with Crippen molar-refractivity contribution in [3.05, 3.63) is 117 Å². The van der Waals surface area contributed by atoms with E-state index in [2.05, 4.69) is 61.9 Å². The zero-order chi connectivity index (χ0) is 26.4. The summed E-state index contributed by atoms with van der Waals surface area (Å²) in [6.07, 6.45) is 1.56. The van der Waals surface area contributed by atoms with Gasteiger partial charge in [0, 0.05) is 5.56 Å². The third-order valence-electron chi connectivity index (χ3n) is 6.46. The molecule has 4 rings (SSSR count). The maximum absolute atomic E-state index is 13.5. The lowest BCUT2D eigenvalue weighted by molar-refractivity contribution is 0.482. The molecule has 0 radical (unpaired) electrons. The molecule has 0 saturated heterocycles. The summed E-state index contributed by atoms with van der Waals surface area (Å²) < 4.78 is 7.70. The molecule has 0 spiro atoms. The van der Waals surface area contributed by atoms with E-state index in [1.54, 1.807) is 4.57 Å². The molecule has 1 heterocycles. The highest BCUT2D eigenvalue weighted by atomic mass is 32.1. The summed E-state index contributed by atoms with van der Waals surface area (Å²) in [4.78, 5) is 13.5. The largest absolute Gasteiger partial charge is 0.457 e. The van der Waals surface area contributed by atoms with Gasteiger partial charge in [-0.3, -0.25) is 4.79 Å². The van der Waals surface area contributed by atoms with Crippen LogP contribution in [0.4, 0.5) is 0 Å². The van der Waals surface area contributed by atoms with E-state index in [1.165, 1.54) is 5.56 Å². The summed E-state index contributed by atoms with van der Waals surface area (Å²) >= 11 is 3.93. The van der Waals surface area contributed by atoms with Gasteiger partial charge in [-0.2, -0.15) is 5.26 Å². The lowest BCUT2D eigenvalue weighted by atomic mass is 10.0. The molecule has 0 N–H and O–H groups in total. The second kappa shape index (κ2) is 11.7. The molecule has 5 heteroatoms. The lowest BCUT2D eigenvalue weighted by Crippen LogP contribution is -2.26. The molecule has 0 saturated carbocycles. The highest BCUT2D eigenvalue weighted by Crippen LogP contribution is 2.28. The van der Waals surface area contributed by atoms with Gasteiger partial charge in [0.1, 0.15) is 23.1 Å². The van der Waals surface area contributed by atoms with Crippen LogP contribution < -0.4 is 10.3 Å². The lowest BCUT2D eigenvalue weighted by Gasteiger charge is -2.18. The monoisotopic (exact) mass is 504 g/mol. The Morgan fingerprint density at radius 3 is 2.14 bits per heavy atom. The van der Waals surface area contributed by atoms with Crippen LogP contribution in [-0.4, -0.2) is 4.57 Å². The second-order valence-corrected chi connectivity index (χ2v) is 9.01. The van der Waals surface area contributed by atoms with Crippen molar-refractivity contribution in [2.75, 3.05) is 0 Å². The molecule has 0 aliphatic carbocycles. The number of hydrogen-bond acceptors (Lipinski definition) is 4. The van der Waals surface area contributed by atoms with Gasteiger partial charge in [0.15, 0.2) is 0 Å². The van der Waals surface area contributed by atoms with E-state index in [0.29, 0.717) is 24.5 Å². The zero-order valence-corrected chi connectivity index (χ0v) is 22.1. The standard InChI is InChI=1S/C32H28N2O2S/c1-4-23-6-9-27(22(3)18-23)21-34-31(19-25(5-2)30(20-33)32(34)35)26-10-14-29(15-11-26)36-28-12-7-24(8-13-28)16-17-37/h6-15,18-19,37H,4-5,21H2,1-3H3. The van der Waals surface area contributed by atoms with Gasteiger partial charge in [-0.25, -0.2) is 0 Å². The highest BCUT2D eigenvalue weighted by molar-refractivity contribution is 7.85. The molecular formula is C32H28N2O2S. The Labute approximate surface area is 223 Å². The van der Waals surface area contributed by atoms with Gasteiger partial charge in [-0.15, -0.1) is 0 Å². The molecule has 3 aromatic carbocycles. The Morgan fingerprint density at radius 1 is 0.892 bits per heavy atom. The first-order valence-electron chi connectivity index (χ1n) is 12.3. The van der Waals surface area contributed by atoms with Crippen LogP contribution in [0.5, 0.6) is 11.5 Å². The van der Waals surface area contributed by atoms with Crippen LogP contribution in [0.15, 0.2) is 77.6 Å².